The summed E-state index contributed by atoms with van der Waals surface area (Å²) in [5, 5.41) is 7.61. The Hall–Kier alpha value is -2.37. The second-order valence-electron chi connectivity index (χ2n) is 4.45. The molecule has 1 aromatic carbocycles. The Kier molecular flexibility index (Phi) is 4.34. The van der Waals surface area contributed by atoms with Crippen molar-refractivity contribution < 1.29 is 9.47 Å². The molecule has 0 spiro atoms. The van der Waals surface area contributed by atoms with E-state index in [-0.39, 0.29) is 0 Å². The normalized spacial score (nSPS) is 10.3. The smallest absolute Gasteiger partial charge is 0.162 e. The van der Waals surface area contributed by atoms with Gasteiger partial charge in [-0.1, -0.05) is 0 Å². The highest BCUT2D eigenvalue weighted by molar-refractivity contribution is 5.72. The molecular formula is C14H20N4O2. The zero-order valence-corrected chi connectivity index (χ0v) is 12.0. The van der Waals surface area contributed by atoms with Crippen molar-refractivity contribution in [3.8, 4) is 11.5 Å². The van der Waals surface area contributed by atoms with Crippen molar-refractivity contribution in [1.82, 2.24) is 9.78 Å². The van der Waals surface area contributed by atoms with Gasteiger partial charge in [0.2, 0.25) is 0 Å². The minimum atomic E-state index is 0.625. The molecule has 0 bridgehead atoms. The summed E-state index contributed by atoms with van der Waals surface area (Å²) < 4.78 is 12.3. The largest absolute Gasteiger partial charge is 0.493 e. The number of methoxy groups -OCH3 is 2. The van der Waals surface area contributed by atoms with Crippen LogP contribution in [0.1, 0.15) is 5.69 Å². The van der Waals surface area contributed by atoms with Gasteiger partial charge in [-0.15, -0.1) is 0 Å². The van der Waals surface area contributed by atoms with E-state index in [1.807, 2.05) is 25.4 Å². The van der Waals surface area contributed by atoms with Gasteiger partial charge in [-0.2, -0.15) is 5.10 Å². The summed E-state index contributed by atoms with van der Waals surface area (Å²) in [5.74, 6) is 1.28. The summed E-state index contributed by atoms with van der Waals surface area (Å²) >= 11 is 0. The lowest BCUT2D eigenvalue weighted by atomic mass is 10.2. The molecule has 0 aliphatic carbocycles. The molecule has 20 heavy (non-hydrogen) atoms. The van der Waals surface area contributed by atoms with Crippen LogP contribution in [0.5, 0.6) is 11.5 Å². The molecular weight excluding hydrogens is 256 g/mol. The van der Waals surface area contributed by atoms with Crippen LogP contribution < -0.4 is 20.5 Å². The van der Waals surface area contributed by atoms with Crippen LogP contribution in [-0.4, -0.2) is 30.5 Å². The van der Waals surface area contributed by atoms with Gasteiger partial charge in [-0.25, -0.2) is 0 Å². The molecule has 0 fully saturated rings. The quantitative estimate of drug-likeness (QED) is 0.785. The van der Waals surface area contributed by atoms with Crippen LogP contribution in [0, 0.1) is 0 Å². The van der Waals surface area contributed by atoms with Gasteiger partial charge in [0.25, 0.3) is 0 Å². The van der Waals surface area contributed by atoms with Gasteiger partial charge < -0.3 is 20.5 Å². The van der Waals surface area contributed by atoms with Crippen LogP contribution in [0.2, 0.25) is 0 Å². The number of nitrogen functional groups attached to an aromatic ring is 1. The van der Waals surface area contributed by atoms with Crippen LogP contribution in [-0.2, 0) is 13.5 Å². The van der Waals surface area contributed by atoms with Crippen molar-refractivity contribution in [2.75, 3.05) is 31.8 Å². The number of rotatable bonds is 6. The first kappa shape index (κ1) is 14.0. The predicted octanol–water partition coefficient (Wildman–Crippen LogP) is 1.67. The van der Waals surface area contributed by atoms with Gasteiger partial charge in [-0.05, 0) is 6.07 Å². The Morgan fingerprint density at radius 3 is 2.55 bits per heavy atom. The summed E-state index contributed by atoms with van der Waals surface area (Å²) in [6.07, 6.45) is 2.76. The number of nitrogens with two attached hydrogens (primary N) is 1. The maximum absolute atomic E-state index is 5.99. The van der Waals surface area contributed by atoms with Crippen molar-refractivity contribution in [1.29, 1.82) is 0 Å². The average molecular weight is 276 g/mol. The predicted molar refractivity (Wildman–Crippen MR) is 79.4 cm³/mol. The van der Waals surface area contributed by atoms with Crippen molar-refractivity contribution >= 4 is 11.4 Å². The minimum absolute atomic E-state index is 0.625. The zero-order chi connectivity index (χ0) is 14.5. The molecule has 0 saturated carbocycles. The number of anilines is 2. The summed E-state index contributed by atoms with van der Waals surface area (Å²) in [6, 6.07) is 5.59. The number of benzene rings is 1. The van der Waals surface area contributed by atoms with Crippen LogP contribution in [0.4, 0.5) is 11.4 Å². The van der Waals surface area contributed by atoms with Crippen molar-refractivity contribution in [2.24, 2.45) is 7.05 Å². The molecule has 2 aromatic rings. The van der Waals surface area contributed by atoms with Gasteiger partial charge in [0.1, 0.15) is 0 Å². The first-order valence-electron chi connectivity index (χ1n) is 6.38. The Morgan fingerprint density at radius 1 is 1.25 bits per heavy atom. The van der Waals surface area contributed by atoms with E-state index in [1.165, 1.54) is 0 Å². The second kappa shape index (κ2) is 6.18. The fraction of sp³-hybridized carbons (Fsp3) is 0.357. The maximum Gasteiger partial charge on any atom is 0.162 e. The van der Waals surface area contributed by atoms with Crippen LogP contribution in [0.3, 0.4) is 0 Å². The molecule has 0 amide bonds. The van der Waals surface area contributed by atoms with E-state index in [1.54, 1.807) is 25.0 Å². The Morgan fingerprint density at radius 2 is 1.95 bits per heavy atom. The minimum Gasteiger partial charge on any atom is -0.493 e. The van der Waals surface area contributed by atoms with Crippen molar-refractivity contribution in [2.45, 2.75) is 6.42 Å². The number of nitrogens with zero attached hydrogens (tertiary/aromatic N) is 2. The average Bonchev–Trinajstić information content (AvgIpc) is 2.85. The molecule has 0 aliphatic heterocycles. The van der Waals surface area contributed by atoms with Crippen LogP contribution >= 0.6 is 0 Å². The molecule has 1 heterocycles. The molecule has 1 aromatic heterocycles. The zero-order valence-electron chi connectivity index (χ0n) is 12.0. The highest BCUT2D eigenvalue weighted by atomic mass is 16.5. The molecule has 108 valence electrons. The third-order valence-corrected chi connectivity index (χ3v) is 3.02. The number of ether oxygens (including phenoxy) is 2. The number of hydrogen-bond donors (Lipinski definition) is 2. The van der Waals surface area contributed by atoms with E-state index in [4.69, 9.17) is 15.2 Å². The monoisotopic (exact) mass is 276 g/mol. The Bertz CT molecular complexity index is 581. The van der Waals surface area contributed by atoms with E-state index >= 15 is 0 Å². The number of hydrogen-bond acceptors (Lipinski definition) is 5. The lowest BCUT2D eigenvalue weighted by Gasteiger charge is -2.13. The maximum atomic E-state index is 5.99. The fourth-order valence-corrected chi connectivity index (χ4v) is 1.97. The molecule has 0 unspecified atom stereocenters. The summed E-state index contributed by atoms with van der Waals surface area (Å²) in [5.41, 5.74) is 8.49. The first-order chi connectivity index (χ1) is 9.63. The molecule has 0 atom stereocenters. The summed E-state index contributed by atoms with van der Waals surface area (Å²) in [6.45, 7) is 0.747. The van der Waals surface area contributed by atoms with E-state index < -0.39 is 0 Å². The third-order valence-electron chi connectivity index (χ3n) is 3.02. The highest BCUT2D eigenvalue weighted by Crippen LogP contribution is 2.34. The number of aryl methyl sites for hydroxylation is 1. The molecule has 0 saturated heterocycles. The van der Waals surface area contributed by atoms with E-state index in [9.17, 15) is 0 Å². The lowest BCUT2D eigenvalue weighted by molar-refractivity contribution is 0.355. The number of aromatic nitrogens is 2. The third kappa shape index (κ3) is 3.14. The molecule has 0 aliphatic rings. The lowest BCUT2D eigenvalue weighted by Crippen LogP contribution is -2.08. The molecule has 6 heteroatoms. The molecule has 0 radical (unpaired) electrons. The Labute approximate surface area is 118 Å². The van der Waals surface area contributed by atoms with Gasteiger partial charge >= 0.3 is 0 Å². The topological polar surface area (TPSA) is 74.3 Å². The summed E-state index contributed by atoms with van der Waals surface area (Å²) in [7, 11) is 5.10. The van der Waals surface area contributed by atoms with Crippen molar-refractivity contribution in [3.05, 3.63) is 30.1 Å². The van der Waals surface area contributed by atoms with Gasteiger partial charge in [0, 0.05) is 38.3 Å². The number of nitrogens with one attached hydrogen (secondary N) is 1. The van der Waals surface area contributed by atoms with Gasteiger partial charge in [0.15, 0.2) is 11.5 Å². The van der Waals surface area contributed by atoms with Crippen LogP contribution in [0.15, 0.2) is 24.4 Å². The van der Waals surface area contributed by atoms with Crippen molar-refractivity contribution in [3.63, 3.8) is 0 Å². The van der Waals surface area contributed by atoms with E-state index in [0.717, 1.165) is 24.3 Å². The van der Waals surface area contributed by atoms with E-state index in [0.29, 0.717) is 17.2 Å². The fourth-order valence-electron chi connectivity index (χ4n) is 1.97. The van der Waals surface area contributed by atoms with E-state index in [2.05, 4.69) is 10.4 Å². The summed E-state index contributed by atoms with van der Waals surface area (Å²) in [4.78, 5) is 0. The van der Waals surface area contributed by atoms with Gasteiger partial charge in [0.05, 0.1) is 31.3 Å². The highest BCUT2D eigenvalue weighted by Gasteiger charge is 2.09. The second-order valence-corrected chi connectivity index (χ2v) is 4.45. The SMILES string of the molecule is COc1cc(N)c(NCCc2ccn(C)n2)cc1OC. The molecule has 2 rings (SSSR count). The standard InChI is InChI=1S/C14H20N4O2/c1-18-7-5-10(17-18)4-6-16-12-9-14(20-3)13(19-2)8-11(12)15/h5,7-9,16H,4,6,15H2,1-3H3. The Balaban J connectivity index is 2.02. The first-order valence-corrected chi connectivity index (χ1v) is 6.38. The molecule has 6 nitrogen and oxygen atoms in total. The van der Waals surface area contributed by atoms with Crippen LogP contribution in [0.25, 0.3) is 0 Å². The molecule has 3 N–H and O–H groups in total. The van der Waals surface area contributed by atoms with Gasteiger partial charge in [-0.3, -0.25) is 4.68 Å².